The number of pyridine rings is 1. The standard InChI is InChI=1S/C23H21N5O2/c1-2-5-19-12-17(15-29)13-22(30)28(19)14-16-8-10-18(11-9-16)20-6-3-4-7-21(20)23-24-26-27-25-23/h3-4,6-13,15H,2,5,14H2,1H3,(H,24,25,26,27). The van der Waals surface area contributed by atoms with Crippen molar-refractivity contribution in [3.05, 3.63) is 87.8 Å². The molecule has 2 aromatic heterocycles. The summed E-state index contributed by atoms with van der Waals surface area (Å²) >= 11 is 0. The molecule has 7 heteroatoms. The highest BCUT2D eigenvalue weighted by atomic mass is 16.1. The van der Waals surface area contributed by atoms with E-state index in [0.717, 1.165) is 47.1 Å². The van der Waals surface area contributed by atoms with Crippen LogP contribution in [0.3, 0.4) is 0 Å². The van der Waals surface area contributed by atoms with Crippen molar-refractivity contribution in [2.24, 2.45) is 0 Å². The van der Waals surface area contributed by atoms with E-state index in [0.29, 0.717) is 17.9 Å². The number of rotatable bonds is 7. The van der Waals surface area contributed by atoms with Gasteiger partial charge in [-0.15, -0.1) is 10.2 Å². The average molecular weight is 399 g/mol. The molecule has 0 bridgehead atoms. The fourth-order valence-electron chi connectivity index (χ4n) is 3.56. The molecule has 2 heterocycles. The molecule has 0 saturated heterocycles. The van der Waals surface area contributed by atoms with Crippen LogP contribution in [0.25, 0.3) is 22.5 Å². The van der Waals surface area contributed by atoms with Crippen molar-refractivity contribution in [3.8, 4) is 22.5 Å². The van der Waals surface area contributed by atoms with Gasteiger partial charge in [0.15, 0.2) is 0 Å². The number of tetrazole rings is 1. The molecule has 4 aromatic rings. The van der Waals surface area contributed by atoms with E-state index in [1.54, 1.807) is 10.6 Å². The first-order chi connectivity index (χ1) is 14.7. The number of nitrogens with zero attached hydrogens (tertiary/aromatic N) is 4. The molecule has 0 spiro atoms. The van der Waals surface area contributed by atoms with Gasteiger partial charge in [-0.1, -0.05) is 61.9 Å². The van der Waals surface area contributed by atoms with Gasteiger partial charge in [-0.25, -0.2) is 0 Å². The molecule has 0 amide bonds. The number of aldehydes is 1. The first-order valence-corrected chi connectivity index (χ1v) is 9.80. The van der Waals surface area contributed by atoms with Crippen LogP contribution in [0.5, 0.6) is 0 Å². The smallest absolute Gasteiger partial charge is 0.251 e. The van der Waals surface area contributed by atoms with Crippen molar-refractivity contribution in [3.63, 3.8) is 0 Å². The Balaban J connectivity index is 1.65. The predicted molar refractivity (Wildman–Crippen MR) is 114 cm³/mol. The first-order valence-electron chi connectivity index (χ1n) is 9.80. The zero-order valence-electron chi connectivity index (χ0n) is 16.6. The topological polar surface area (TPSA) is 93.5 Å². The number of benzene rings is 2. The lowest BCUT2D eigenvalue weighted by Gasteiger charge is -2.14. The molecule has 0 radical (unpaired) electrons. The summed E-state index contributed by atoms with van der Waals surface area (Å²) in [4.78, 5) is 23.7. The Bertz CT molecular complexity index is 1210. The largest absolute Gasteiger partial charge is 0.308 e. The molecule has 0 aliphatic carbocycles. The van der Waals surface area contributed by atoms with Gasteiger partial charge in [-0.05, 0) is 34.4 Å². The maximum Gasteiger partial charge on any atom is 0.251 e. The lowest BCUT2D eigenvalue weighted by molar-refractivity contribution is 0.112. The van der Waals surface area contributed by atoms with Gasteiger partial charge >= 0.3 is 0 Å². The Hall–Kier alpha value is -3.87. The Morgan fingerprint density at radius 3 is 2.47 bits per heavy atom. The van der Waals surface area contributed by atoms with Crippen LogP contribution in [-0.4, -0.2) is 31.5 Å². The minimum absolute atomic E-state index is 0.158. The molecular formula is C23H21N5O2. The summed E-state index contributed by atoms with van der Waals surface area (Å²) < 4.78 is 1.73. The van der Waals surface area contributed by atoms with E-state index in [1.165, 1.54) is 6.07 Å². The third kappa shape index (κ3) is 3.96. The number of nitrogens with one attached hydrogen (secondary N) is 1. The fourth-order valence-corrected chi connectivity index (χ4v) is 3.56. The molecule has 1 N–H and O–H groups in total. The summed E-state index contributed by atoms with van der Waals surface area (Å²) in [5, 5.41) is 14.3. The maximum absolute atomic E-state index is 12.5. The second-order valence-corrected chi connectivity index (χ2v) is 7.05. The van der Waals surface area contributed by atoms with Crippen LogP contribution < -0.4 is 5.56 Å². The second-order valence-electron chi connectivity index (χ2n) is 7.05. The van der Waals surface area contributed by atoms with Gasteiger partial charge < -0.3 is 4.57 Å². The van der Waals surface area contributed by atoms with Crippen LogP contribution in [0.1, 0.15) is 35.0 Å². The maximum atomic E-state index is 12.5. The van der Waals surface area contributed by atoms with E-state index in [-0.39, 0.29) is 5.56 Å². The van der Waals surface area contributed by atoms with E-state index < -0.39 is 0 Å². The Morgan fingerprint density at radius 1 is 1.03 bits per heavy atom. The Labute approximate surface area is 173 Å². The number of aryl methyl sites for hydroxylation is 1. The van der Waals surface area contributed by atoms with Crippen LogP contribution >= 0.6 is 0 Å². The summed E-state index contributed by atoms with van der Waals surface area (Å²) in [5.41, 5.74) is 5.07. The Kier molecular flexibility index (Phi) is 5.61. The highest BCUT2D eigenvalue weighted by Gasteiger charge is 2.11. The SMILES string of the molecule is CCCc1cc(C=O)cc(=O)n1Cc1ccc(-c2ccccc2-c2nn[nH]n2)cc1. The van der Waals surface area contributed by atoms with Crippen molar-refractivity contribution in [1.29, 1.82) is 0 Å². The molecule has 150 valence electrons. The number of hydrogen-bond donors (Lipinski definition) is 1. The molecular weight excluding hydrogens is 378 g/mol. The van der Waals surface area contributed by atoms with Gasteiger partial charge in [-0.2, -0.15) is 5.21 Å². The van der Waals surface area contributed by atoms with E-state index >= 15 is 0 Å². The summed E-state index contributed by atoms with van der Waals surface area (Å²) in [6.07, 6.45) is 2.36. The van der Waals surface area contributed by atoms with Crippen molar-refractivity contribution < 1.29 is 4.79 Å². The molecule has 0 aliphatic heterocycles. The minimum Gasteiger partial charge on any atom is -0.308 e. The lowest BCUT2D eigenvalue weighted by atomic mass is 9.98. The van der Waals surface area contributed by atoms with E-state index in [9.17, 15) is 9.59 Å². The first kappa shape index (κ1) is 19.4. The van der Waals surface area contributed by atoms with E-state index in [2.05, 4.69) is 27.5 Å². The van der Waals surface area contributed by atoms with E-state index in [1.807, 2.05) is 48.5 Å². The molecule has 0 aliphatic rings. The van der Waals surface area contributed by atoms with Crippen LogP contribution in [0.4, 0.5) is 0 Å². The van der Waals surface area contributed by atoms with Crippen molar-refractivity contribution >= 4 is 6.29 Å². The zero-order valence-corrected chi connectivity index (χ0v) is 16.6. The van der Waals surface area contributed by atoms with Gasteiger partial charge in [0, 0.05) is 22.9 Å². The van der Waals surface area contributed by atoms with Crippen molar-refractivity contribution in [1.82, 2.24) is 25.2 Å². The van der Waals surface area contributed by atoms with E-state index in [4.69, 9.17) is 0 Å². The lowest BCUT2D eigenvalue weighted by Crippen LogP contribution is -2.24. The van der Waals surface area contributed by atoms with Crippen molar-refractivity contribution in [2.75, 3.05) is 0 Å². The fraction of sp³-hybridized carbons (Fsp3) is 0.174. The van der Waals surface area contributed by atoms with Crippen LogP contribution in [-0.2, 0) is 13.0 Å². The minimum atomic E-state index is -0.158. The van der Waals surface area contributed by atoms with Gasteiger partial charge in [0.1, 0.15) is 6.29 Å². The molecule has 2 aromatic carbocycles. The highest BCUT2D eigenvalue weighted by Crippen LogP contribution is 2.29. The number of aromatic amines is 1. The number of carbonyl (C=O) groups is 1. The third-order valence-electron chi connectivity index (χ3n) is 5.00. The van der Waals surface area contributed by atoms with Gasteiger partial charge in [0.05, 0.1) is 6.54 Å². The van der Waals surface area contributed by atoms with Gasteiger partial charge in [0.25, 0.3) is 5.56 Å². The quantitative estimate of drug-likeness (QED) is 0.480. The average Bonchev–Trinajstić information content (AvgIpc) is 3.31. The molecule has 30 heavy (non-hydrogen) atoms. The van der Waals surface area contributed by atoms with Crippen LogP contribution in [0.2, 0.25) is 0 Å². The van der Waals surface area contributed by atoms with Crippen molar-refractivity contribution in [2.45, 2.75) is 26.3 Å². The highest BCUT2D eigenvalue weighted by molar-refractivity contribution is 5.80. The summed E-state index contributed by atoms with van der Waals surface area (Å²) in [5.74, 6) is 0.542. The molecule has 4 rings (SSSR count). The summed E-state index contributed by atoms with van der Waals surface area (Å²) in [7, 11) is 0. The third-order valence-corrected chi connectivity index (χ3v) is 5.00. The number of carbonyl (C=O) groups excluding carboxylic acids is 1. The van der Waals surface area contributed by atoms with Crippen LogP contribution in [0.15, 0.2) is 65.5 Å². The molecule has 7 nitrogen and oxygen atoms in total. The normalized spacial score (nSPS) is 10.8. The Morgan fingerprint density at radius 2 is 1.80 bits per heavy atom. The number of aromatic nitrogens is 5. The summed E-state index contributed by atoms with van der Waals surface area (Å²) in [6, 6.07) is 19.1. The van der Waals surface area contributed by atoms with Gasteiger partial charge in [-0.3, -0.25) is 9.59 Å². The predicted octanol–water partition coefficient (Wildman–Crippen LogP) is 3.51. The molecule has 0 saturated carbocycles. The monoisotopic (exact) mass is 399 g/mol. The number of H-pyrrole nitrogens is 1. The summed E-state index contributed by atoms with van der Waals surface area (Å²) in [6.45, 7) is 2.51. The molecule has 0 fully saturated rings. The van der Waals surface area contributed by atoms with Gasteiger partial charge in [0.2, 0.25) is 5.82 Å². The number of hydrogen-bond acceptors (Lipinski definition) is 5. The van der Waals surface area contributed by atoms with Crippen LogP contribution in [0, 0.1) is 0 Å². The molecule has 0 unspecified atom stereocenters. The zero-order chi connectivity index (χ0) is 20.9. The molecule has 0 atom stereocenters. The second kappa shape index (κ2) is 8.65.